The van der Waals surface area contributed by atoms with E-state index in [4.69, 9.17) is 5.73 Å². The Morgan fingerprint density at radius 3 is 2.81 bits per heavy atom. The zero-order chi connectivity index (χ0) is 18.6. The van der Waals surface area contributed by atoms with Crippen molar-refractivity contribution >= 4 is 28.6 Å². The molecule has 2 heterocycles. The van der Waals surface area contributed by atoms with E-state index in [1.165, 1.54) is 18.4 Å². The second-order valence-electron chi connectivity index (χ2n) is 6.95. The molecule has 3 aromatic rings. The van der Waals surface area contributed by atoms with Crippen molar-refractivity contribution in [3.05, 3.63) is 59.7 Å². The van der Waals surface area contributed by atoms with E-state index in [2.05, 4.69) is 49.5 Å². The number of hydrogen-bond acceptors (Lipinski definition) is 5. The maximum absolute atomic E-state index is 5.67. The van der Waals surface area contributed by atoms with Crippen LogP contribution in [0.25, 0.3) is 16.7 Å². The van der Waals surface area contributed by atoms with Crippen molar-refractivity contribution in [2.24, 2.45) is 16.6 Å². The third kappa shape index (κ3) is 4.00. The lowest BCUT2D eigenvalue weighted by Crippen LogP contribution is -2.01. The summed E-state index contributed by atoms with van der Waals surface area (Å²) in [5.41, 5.74) is 11.6. The minimum Gasteiger partial charge on any atom is -0.404 e. The van der Waals surface area contributed by atoms with E-state index in [-0.39, 0.29) is 0 Å². The third-order valence-electron chi connectivity index (χ3n) is 4.84. The number of fused-ring (bicyclic) bond motifs is 1. The summed E-state index contributed by atoms with van der Waals surface area (Å²) in [5.74, 6) is 1.84. The molecule has 0 aliphatic heterocycles. The van der Waals surface area contributed by atoms with Gasteiger partial charge in [-0.05, 0) is 36.0 Å². The fraction of sp³-hybridized carbons (Fsp3) is 0.286. The summed E-state index contributed by atoms with van der Waals surface area (Å²) in [4.78, 5) is 16.5. The van der Waals surface area contributed by atoms with Crippen molar-refractivity contribution in [1.82, 2.24) is 15.0 Å². The van der Waals surface area contributed by atoms with Crippen LogP contribution in [0.2, 0.25) is 0 Å². The Balaban J connectivity index is 1.47. The lowest BCUT2D eigenvalue weighted by Gasteiger charge is -2.08. The molecule has 0 spiro atoms. The lowest BCUT2D eigenvalue weighted by molar-refractivity contribution is 0.787. The molecule has 1 aromatic carbocycles. The van der Waals surface area contributed by atoms with Crippen LogP contribution in [0.1, 0.15) is 29.8 Å². The number of anilines is 1. The SMILES string of the molecule is CN=C/C(=C\N)c1ccc(CNc2ccnc3nc(CC4CC4)[nH]c23)cc1. The Bertz CT molecular complexity index is 980. The highest BCUT2D eigenvalue weighted by molar-refractivity contribution is 6.09. The van der Waals surface area contributed by atoms with E-state index in [0.29, 0.717) is 0 Å². The van der Waals surface area contributed by atoms with E-state index >= 15 is 0 Å². The Morgan fingerprint density at radius 2 is 2.11 bits per heavy atom. The fourth-order valence-electron chi connectivity index (χ4n) is 3.16. The predicted octanol–water partition coefficient (Wildman–Crippen LogP) is 3.52. The lowest BCUT2D eigenvalue weighted by atomic mass is 10.1. The van der Waals surface area contributed by atoms with Crippen molar-refractivity contribution in [3.63, 3.8) is 0 Å². The molecule has 4 rings (SSSR count). The molecule has 6 heteroatoms. The van der Waals surface area contributed by atoms with Gasteiger partial charge in [0.25, 0.3) is 0 Å². The molecule has 138 valence electrons. The van der Waals surface area contributed by atoms with E-state index in [1.807, 2.05) is 6.07 Å². The molecule has 6 nitrogen and oxygen atoms in total. The number of nitrogens with zero attached hydrogens (tertiary/aromatic N) is 3. The number of imidazole rings is 1. The van der Waals surface area contributed by atoms with Gasteiger partial charge in [-0.2, -0.15) is 0 Å². The number of nitrogens with one attached hydrogen (secondary N) is 2. The van der Waals surface area contributed by atoms with Crippen LogP contribution in [0.5, 0.6) is 0 Å². The minimum atomic E-state index is 0.722. The van der Waals surface area contributed by atoms with Gasteiger partial charge >= 0.3 is 0 Å². The van der Waals surface area contributed by atoms with Gasteiger partial charge in [-0.25, -0.2) is 9.97 Å². The van der Waals surface area contributed by atoms with Crippen LogP contribution in [0, 0.1) is 5.92 Å². The Hall–Kier alpha value is -3.15. The summed E-state index contributed by atoms with van der Waals surface area (Å²) in [6.07, 6.45) is 8.80. The standard InChI is InChI=1S/C21H24N6/c1-23-13-17(11-22)16-6-4-15(5-7-16)12-25-18-8-9-24-21-20(18)26-19(27-21)10-14-2-3-14/h4-9,11,13-14H,2-3,10,12,22H2,1H3,(H2,24,25,26,27)/b17-11+,23-13?. The summed E-state index contributed by atoms with van der Waals surface area (Å²) in [7, 11) is 1.74. The third-order valence-corrected chi connectivity index (χ3v) is 4.84. The molecule has 2 aromatic heterocycles. The first-order valence-electron chi connectivity index (χ1n) is 9.27. The summed E-state index contributed by atoms with van der Waals surface area (Å²) in [6.45, 7) is 0.722. The number of aromatic nitrogens is 3. The van der Waals surface area contributed by atoms with Crippen LogP contribution < -0.4 is 11.1 Å². The van der Waals surface area contributed by atoms with Crippen molar-refractivity contribution in [2.45, 2.75) is 25.8 Å². The molecule has 0 atom stereocenters. The zero-order valence-electron chi connectivity index (χ0n) is 15.4. The Kier molecular flexibility index (Phi) is 4.87. The van der Waals surface area contributed by atoms with Gasteiger partial charge in [0.1, 0.15) is 11.3 Å². The summed E-state index contributed by atoms with van der Waals surface area (Å²) in [6, 6.07) is 10.3. The molecule has 1 fully saturated rings. The Morgan fingerprint density at radius 1 is 1.30 bits per heavy atom. The molecule has 4 N–H and O–H groups in total. The molecular weight excluding hydrogens is 336 g/mol. The van der Waals surface area contributed by atoms with Crippen molar-refractivity contribution in [1.29, 1.82) is 0 Å². The average molecular weight is 360 g/mol. The topological polar surface area (TPSA) is 92.0 Å². The van der Waals surface area contributed by atoms with Gasteiger partial charge in [0, 0.05) is 44.2 Å². The first-order chi connectivity index (χ1) is 13.3. The van der Waals surface area contributed by atoms with Gasteiger partial charge in [0.15, 0.2) is 5.65 Å². The highest BCUT2D eigenvalue weighted by Gasteiger charge is 2.23. The van der Waals surface area contributed by atoms with E-state index < -0.39 is 0 Å². The number of rotatable bonds is 7. The minimum absolute atomic E-state index is 0.722. The number of hydrogen-bond donors (Lipinski definition) is 3. The van der Waals surface area contributed by atoms with Gasteiger partial charge in [-0.3, -0.25) is 4.99 Å². The highest BCUT2D eigenvalue weighted by Crippen LogP contribution is 2.32. The number of aromatic amines is 1. The van der Waals surface area contributed by atoms with Gasteiger partial charge in [-0.1, -0.05) is 24.3 Å². The number of aliphatic imine (C=N–C) groups is 1. The molecule has 1 aliphatic carbocycles. The first kappa shape index (κ1) is 17.3. The molecule has 0 bridgehead atoms. The maximum Gasteiger partial charge on any atom is 0.179 e. The largest absolute Gasteiger partial charge is 0.404 e. The molecule has 1 saturated carbocycles. The van der Waals surface area contributed by atoms with Gasteiger partial charge in [0.2, 0.25) is 0 Å². The summed E-state index contributed by atoms with van der Waals surface area (Å²) in [5, 5.41) is 3.50. The monoisotopic (exact) mass is 360 g/mol. The summed E-state index contributed by atoms with van der Waals surface area (Å²) < 4.78 is 0. The molecule has 0 radical (unpaired) electrons. The smallest absolute Gasteiger partial charge is 0.179 e. The molecule has 0 unspecified atom stereocenters. The van der Waals surface area contributed by atoms with Gasteiger partial charge < -0.3 is 16.0 Å². The van der Waals surface area contributed by atoms with Crippen LogP contribution in [0.15, 0.2) is 47.7 Å². The van der Waals surface area contributed by atoms with Crippen molar-refractivity contribution < 1.29 is 0 Å². The van der Waals surface area contributed by atoms with E-state index in [9.17, 15) is 0 Å². The average Bonchev–Trinajstić information content (AvgIpc) is 3.41. The van der Waals surface area contributed by atoms with Crippen molar-refractivity contribution in [3.8, 4) is 0 Å². The molecule has 27 heavy (non-hydrogen) atoms. The second kappa shape index (κ2) is 7.61. The highest BCUT2D eigenvalue weighted by atomic mass is 15.0. The molecular formula is C21H24N6. The second-order valence-corrected chi connectivity index (χ2v) is 6.95. The van der Waals surface area contributed by atoms with Crippen LogP contribution in [-0.2, 0) is 13.0 Å². The summed E-state index contributed by atoms with van der Waals surface area (Å²) >= 11 is 0. The van der Waals surface area contributed by atoms with E-state index in [1.54, 1.807) is 25.7 Å². The van der Waals surface area contributed by atoms with Gasteiger partial charge in [0.05, 0.1) is 5.69 Å². The Labute approximate surface area is 158 Å². The number of pyridine rings is 1. The van der Waals surface area contributed by atoms with Crippen LogP contribution in [0.3, 0.4) is 0 Å². The quantitative estimate of drug-likeness (QED) is 0.562. The molecule has 0 amide bonds. The predicted molar refractivity (Wildman–Crippen MR) is 111 cm³/mol. The fourth-order valence-corrected chi connectivity index (χ4v) is 3.16. The number of nitrogens with two attached hydrogens (primary N) is 1. The van der Waals surface area contributed by atoms with Crippen molar-refractivity contribution in [2.75, 3.05) is 12.4 Å². The maximum atomic E-state index is 5.67. The molecule has 0 saturated heterocycles. The number of H-pyrrole nitrogens is 1. The van der Waals surface area contributed by atoms with Crippen LogP contribution in [0.4, 0.5) is 5.69 Å². The number of benzene rings is 1. The normalized spacial score (nSPS) is 14.9. The van der Waals surface area contributed by atoms with Gasteiger partial charge in [-0.15, -0.1) is 0 Å². The first-order valence-corrected chi connectivity index (χ1v) is 9.27. The van der Waals surface area contributed by atoms with E-state index in [0.717, 1.165) is 52.7 Å². The molecule has 1 aliphatic rings. The zero-order valence-corrected chi connectivity index (χ0v) is 15.4. The number of allylic oxidation sites excluding steroid dienone is 1. The van der Waals surface area contributed by atoms with Crippen LogP contribution in [-0.4, -0.2) is 28.2 Å². The van der Waals surface area contributed by atoms with Crippen LogP contribution >= 0.6 is 0 Å².